The molecule has 0 spiro atoms. The number of aromatic nitrogens is 2. The number of halogens is 3. The van der Waals surface area contributed by atoms with Crippen molar-refractivity contribution >= 4 is 28.3 Å². The lowest BCUT2D eigenvalue weighted by molar-refractivity contribution is -0.174. The van der Waals surface area contributed by atoms with Crippen molar-refractivity contribution in [3.05, 3.63) is 40.9 Å². The van der Waals surface area contributed by atoms with Crippen LogP contribution in [-0.2, 0) is 16.0 Å². The first-order valence-corrected chi connectivity index (χ1v) is 8.66. The van der Waals surface area contributed by atoms with Crippen LogP contribution in [0.3, 0.4) is 0 Å². The summed E-state index contributed by atoms with van der Waals surface area (Å²) in [4.78, 5) is 23.5. The van der Waals surface area contributed by atoms with E-state index in [2.05, 4.69) is 15.5 Å². The molecule has 0 saturated heterocycles. The number of anilines is 1. The molecule has 0 aliphatic rings. The smallest absolute Gasteiger partial charge is 0.341 e. The number of aryl methyl sites for hydroxylation is 1. The highest BCUT2D eigenvalue weighted by atomic mass is 32.1. The molecule has 1 aromatic heterocycles. The van der Waals surface area contributed by atoms with E-state index in [1.807, 2.05) is 12.2 Å². The van der Waals surface area contributed by atoms with Gasteiger partial charge in [-0.2, -0.15) is 13.2 Å². The van der Waals surface area contributed by atoms with E-state index < -0.39 is 24.0 Å². The summed E-state index contributed by atoms with van der Waals surface area (Å²) in [6.45, 7) is 1.98. The van der Waals surface area contributed by atoms with Gasteiger partial charge in [0.25, 0.3) is 0 Å². The third-order valence-corrected chi connectivity index (χ3v) is 4.23. The van der Waals surface area contributed by atoms with Crippen LogP contribution in [0.25, 0.3) is 0 Å². The summed E-state index contributed by atoms with van der Waals surface area (Å²) < 4.78 is 37.7. The Morgan fingerprint density at radius 3 is 2.50 bits per heavy atom. The largest absolute Gasteiger partial charge is 0.471 e. The van der Waals surface area contributed by atoms with Crippen molar-refractivity contribution in [2.75, 3.05) is 5.32 Å². The van der Waals surface area contributed by atoms with Crippen molar-refractivity contribution in [3.8, 4) is 0 Å². The summed E-state index contributed by atoms with van der Waals surface area (Å²) in [5.41, 5.74) is 0.393. The molecule has 1 aromatic carbocycles. The van der Waals surface area contributed by atoms with Crippen molar-refractivity contribution in [2.45, 2.75) is 38.4 Å². The number of hydrogen-bond acceptors (Lipinski definition) is 5. The number of hydrogen-bond donors (Lipinski definition) is 2. The average Bonchev–Trinajstić information content (AvgIpc) is 3.01. The molecular formula is C16H17F3N4O2S. The minimum atomic E-state index is -5.03. The first kappa shape index (κ1) is 19.8. The van der Waals surface area contributed by atoms with Crippen molar-refractivity contribution < 1.29 is 22.8 Å². The first-order chi connectivity index (χ1) is 12.3. The first-order valence-electron chi connectivity index (χ1n) is 7.84. The van der Waals surface area contributed by atoms with Gasteiger partial charge in [-0.05, 0) is 12.0 Å². The van der Waals surface area contributed by atoms with Crippen LogP contribution in [0.4, 0.5) is 18.3 Å². The van der Waals surface area contributed by atoms with Gasteiger partial charge in [0.15, 0.2) is 0 Å². The molecule has 2 amide bonds. The molecular weight excluding hydrogens is 369 g/mol. The van der Waals surface area contributed by atoms with Gasteiger partial charge in [0, 0.05) is 6.42 Å². The van der Waals surface area contributed by atoms with Crippen molar-refractivity contribution in [3.63, 3.8) is 0 Å². The van der Waals surface area contributed by atoms with Crippen LogP contribution in [-0.4, -0.2) is 28.2 Å². The van der Waals surface area contributed by atoms with Crippen molar-refractivity contribution in [1.29, 1.82) is 0 Å². The van der Waals surface area contributed by atoms with E-state index in [9.17, 15) is 22.8 Å². The lowest BCUT2D eigenvalue weighted by atomic mass is 10.0. The van der Waals surface area contributed by atoms with Crippen molar-refractivity contribution in [1.82, 2.24) is 15.5 Å². The fraction of sp³-hybridized carbons (Fsp3) is 0.375. The lowest BCUT2D eigenvalue weighted by Gasteiger charge is -2.19. The van der Waals surface area contributed by atoms with Crippen LogP contribution in [0.15, 0.2) is 30.3 Å². The van der Waals surface area contributed by atoms with Gasteiger partial charge < -0.3 is 10.6 Å². The molecule has 0 aliphatic heterocycles. The molecule has 140 valence electrons. The van der Waals surface area contributed by atoms with E-state index in [1.165, 1.54) is 11.3 Å². The molecule has 2 aromatic rings. The molecule has 0 saturated carbocycles. The summed E-state index contributed by atoms with van der Waals surface area (Å²) in [6.07, 6.45) is -3.80. The third-order valence-electron chi connectivity index (χ3n) is 3.33. The van der Waals surface area contributed by atoms with Crippen LogP contribution >= 0.6 is 11.3 Å². The summed E-state index contributed by atoms with van der Waals surface area (Å²) in [7, 11) is 0. The quantitative estimate of drug-likeness (QED) is 0.765. The van der Waals surface area contributed by atoms with E-state index in [0.717, 1.165) is 17.8 Å². The molecule has 0 fully saturated rings. The topological polar surface area (TPSA) is 84.0 Å². The van der Waals surface area contributed by atoms with E-state index in [-0.39, 0.29) is 11.6 Å². The SMILES string of the molecule is CCCc1nnc(NC(=O)CC(NC(=O)C(F)(F)F)c2ccccc2)s1. The fourth-order valence-electron chi connectivity index (χ4n) is 2.15. The van der Waals surface area contributed by atoms with Gasteiger partial charge in [0.05, 0.1) is 12.5 Å². The number of alkyl halides is 3. The van der Waals surface area contributed by atoms with E-state index in [4.69, 9.17) is 0 Å². The molecule has 6 nitrogen and oxygen atoms in total. The van der Waals surface area contributed by atoms with Gasteiger partial charge in [-0.1, -0.05) is 48.6 Å². The lowest BCUT2D eigenvalue weighted by Crippen LogP contribution is -2.40. The average molecular weight is 386 g/mol. The zero-order chi connectivity index (χ0) is 19.2. The highest BCUT2D eigenvalue weighted by Gasteiger charge is 2.40. The Labute approximate surface area is 151 Å². The monoisotopic (exact) mass is 386 g/mol. The second-order valence-electron chi connectivity index (χ2n) is 5.44. The molecule has 0 bridgehead atoms. The van der Waals surface area contributed by atoms with Crippen LogP contribution in [0.1, 0.15) is 36.4 Å². The van der Waals surface area contributed by atoms with Crippen LogP contribution in [0, 0.1) is 0 Å². The summed E-state index contributed by atoms with van der Waals surface area (Å²) in [5, 5.41) is 13.1. The summed E-state index contributed by atoms with van der Waals surface area (Å²) in [5.74, 6) is -2.67. The number of carbonyl (C=O) groups is 2. The Kier molecular flexibility index (Phi) is 6.67. The number of carbonyl (C=O) groups excluding carboxylic acids is 2. The molecule has 10 heteroatoms. The molecule has 0 aliphatic carbocycles. The molecule has 1 atom stereocenters. The number of benzene rings is 1. The van der Waals surface area contributed by atoms with E-state index >= 15 is 0 Å². The Balaban J connectivity index is 2.07. The van der Waals surface area contributed by atoms with Gasteiger partial charge >= 0.3 is 12.1 Å². The number of nitrogens with zero attached hydrogens (tertiary/aromatic N) is 2. The standard InChI is InChI=1S/C16H17F3N4O2S/c1-2-6-13-22-23-15(26-13)21-12(24)9-11(10-7-4-3-5-8-10)20-14(25)16(17,18)19/h3-5,7-8,11H,2,6,9H2,1H3,(H,20,25)(H,21,23,24). The maximum Gasteiger partial charge on any atom is 0.471 e. The zero-order valence-electron chi connectivity index (χ0n) is 13.8. The number of nitrogens with one attached hydrogen (secondary N) is 2. The Hall–Kier alpha value is -2.49. The molecule has 1 heterocycles. The second-order valence-corrected chi connectivity index (χ2v) is 6.50. The van der Waals surface area contributed by atoms with Gasteiger partial charge in [-0.15, -0.1) is 10.2 Å². The van der Waals surface area contributed by atoms with E-state index in [1.54, 1.807) is 30.3 Å². The van der Waals surface area contributed by atoms with Crippen LogP contribution < -0.4 is 10.6 Å². The predicted octanol–water partition coefficient (Wildman–Crippen LogP) is 3.24. The van der Waals surface area contributed by atoms with Gasteiger partial charge in [0.1, 0.15) is 5.01 Å². The minimum Gasteiger partial charge on any atom is -0.341 e. The normalized spacial score (nSPS) is 12.5. The summed E-state index contributed by atoms with van der Waals surface area (Å²) >= 11 is 1.21. The van der Waals surface area contributed by atoms with Crippen LogP contribution in [0.2, 0.25) is 0 Å². The fourth-order valence-corrected chi connectivity index (χ4v) is 3.01. The Morgan fingerprint density at radius 1 is 1.19 bits per heavy atom. The molecule has 0 radical (unpaired) electrons. The highest BCUT2D eigenvalue weighted by Crippen LogP contribution is 2.23. The summed E-state index contributed by atoms with van der Waals surface area (Å²) in [6, 6.07) is 6.87. The number of rotatable bonds is 7. The Bertz CT molecular complexity index is 749. The predicted molar refractivity (Wildman–Crippen MR) is 90.5 cm³/mol. The van der Waals surface area contributed by atoms with Gasteiger partial charge in [0.2, 0.25) is 11.0 Å². The molecule has 2 rings (SSSR count). The zero-order valence-corrected chi connectivity index (χ0v) is 14.7. The molecule has 2 N–H and O–H groups in total. The van der Waals surface area contributed by atoms with E-state index in [0.29, 0.717) is 5.56 Å². The second kappa shape index (κ2) is 8.75. The third kappa shape index (κ3) is 5.80. The maximum absolute atomic E-state index is 12.6. The van der Waals surface area contributed by atoms with Crippen LogP contribution in [0.5, 0.6) is 0 Å². The maximum atomic E-state index is 12.6. The number of amides is 2. The minimum absolute atomic E-state index is 0.271. The molecule has 26 heavy (non-hydrogen) atoms. The Morgan fingerprint density at radius 2 is 1.88 bits per heavy atom. The van der Waals surface area contributed by atoms with Crippen molar-refractivity contribution in [2.24, 2.45) is 0 Å². The molecule has 1 unspecified atom stereocenters. The highest BCUT2D eigenvalue weighted by molar-refractivity contribution is 7.15. The van der Waals surface area contributed by atoms with Gasteiger partial charge in [-0.3, -0.25) is 9.59 Å². The van der Waals surface area contributed by atoms with Gasteiger partial charge in [-0.25, -0.2) is 0 Å².